The van der Waals surface area contributed by atoms with Gasteiger partial charge < -0.3 is 19.3 Å². The van der Waals surface area contributed by atoms with Crippen LogP contribution in [0.4, 0.5) is 0 Å². The monoisotopic (exact) mass is 304 g/mol. The van der Waals surface area contributed by atoms with Gasteiger partial charge in [0.2, 0.25) is 0 Å². The van der Waals surface area contributed by atoms with Crippen LogP contribution in [0.2, 0.25) is 0 Å². The van der Waals surface area contributed by atoms with E-state index in [4.69, 9.17) is 4.74 Å². The number of hydrogen-bond acceptors (Lipinski definition) is 4. The maximum atomic E-state index is 12.2. The Hall–Kier alpha value is -2.34. The van der Waals surface area contributed by atoms with Gasteiger partial charge in [-0.05, 0) is 39.2 Å². The molecule has 0 saturated carbocycles. The van der Waals surface area contributed by atoms with E-state index in [1.54, 1.807) is 16.7 Å². The maximum Gasteiger partial charge on any atom is 0.335 e. The number of pyridine rings is 1. The average molecular weight is 304 g/mol. The number of aromatic carboxylic acids is 1. The van der Waals surface area contributed by atoms with Crippen LogP contribution in [0.3, 0.4) is 0 Å². The van der Waals surface area contributed by atoms with Crippen LogP contribution >= 0.6 is 0 Å². The molecule has 0 radical (unpaired) electrons. The lowest BCUT2D eigenvalue weighted by Crippen LogP contribution is -2.26. The van der Waals surface area contributed by atoms with Crippen molar-refractivity contribution in [1.29, 1.82) is 0 Å². The standard InChI is InChI=1S/C16H20N2O4/c1-4-22-13-10-12(16(20)21)9-11-5-6-14(19)18(15(11)13)8-7-17(2)3/h5-6,9-10H,4,7-8H2,1-3H3,(H,20,21). The van der Waals surface area contributed by atoms with Crippen molar-refractivity contribution in [1.82, 2.24) is 9.47 Å². The van der Waals surface area contributed by atoms with Crippen molar-refractivity contribution < 1.29 is 14.6 Å². The van der Waals surface area contributed by atoms with E-state index in [2.05, 4.69) is 0 Å². The number of carboxylic acid groups (broad SMARTS) is 1. The van der Waals surface area contributed by atoms with Crippen molar-refractivity contribution in [3.63, 3.8) is 0 Å². The molecular weight excluding hydrogens is 284 g/mol. The Bertz CT molecular complexity index is 750. The molecule has 0 amide bonds. The summed E-state index contributed by atoms with van der Waals surface area (Å²) in [6, 6.07) is 6.13. The minimum atomic E-state index is -1.02. The van der Waals surface area contributed by atoms with E-state index in [1.807, 2.05) is 25.9 Å². The van der Waals surface area contributed by atoms with Crippen LogP contribution in [0.5, 0.6) is 5.75 Å². The molecule has 22 heavy (non-hydrogen) atoms. The van der Waals surface area contributed by atoms with Crippen LogP contribution in [-0.4, -0.2) is 47.8 Å². The number of nitrogens with zero attached hydrogens (tertiary/aromatic N) is 2. The fraction of sp³-hybridized carbons (Fsp3) is 0.375. The fourth-order valence-electron chi connectivity index (χ4n) is 2.32. The SMILES string of the molecule is CCOc1cc(C(=O)O)cc2ccc(=O)n(CCN(C)C)c12. The van der Waals surface area contributed by atoms with Crippen LogP contribution in [0, 0.1) is 0 Å². The summed E-state index contributed by atoms with van der Waals surface area (Å²) in [6.07, 6.45) is 0. The first-order chi connectivity index (χ1) is 10.4. The van der Waals surface area contributed by atoms with E-state index in [9.17, 15) is 14.7 Å². The van der Waals surface area contributed by atoms with E-state index in [-0.39, 0.29) is 11.1 Å². The number of carboxylic acids is 1. The van der Waals surface area contributed by atoms with Crippen LogP contribution < -0.4 is 10.3 Å². The predicted octanol–water partition coefficient (Wildman–Crippen LogP) is 1.66. The van der Waals surface area contributed by atoms with E-state index in [0.29, 0.717) is 36.3 Å². The number of hydrogen-bond donors (Lipinski definition) is 1. The second kappa shape index (κ2) is 6.62. The Kier molecular flexibility index (Phi) is 4.82. The maximum absolute atomic E-state index is 12.2. The second-order valence-corrected chi connectivity index (χ2v) is 5.28. The van der Waals surface area contributed by atoms with Crippen molar-refractivity contribution >= 4 is 16.9 Å². The van der Waals surface area contributed by atoms with Gasteiger partial charge in [0.15, 0.2) is 0 Å². The molecule has 6 nitrogen and oxygen atoms in total. The van der Waals surface area contributed by atoms with Crippen LogP contribution in [0.1, 0.15) is 17.3 Å². The number of ether oxygens (including phenoxy) is 1. The molecule has 0 aliphatic heterocycles. The molecule has 0 atom stereocenters. The Morgan fingerprint density at radius 2 is 2.05 bits per heavy atom. The molecule has 1 aromatic heterocycles. The third-order valence-corrected chi connectivity index (χ3v) is 3.36. The number of aromatic nitrogens is 1. The number of benzene rings is 1. The number of fused-ring (bicyclic) bond motifs is 1. The zero-order valence-electron chi connectivity index (χ0n) is 13.0. The molecule has 1 heterocycles. The lowest BCUT2D eigenvalue weighted by Gasteiger charge is -2.17. The second-order valence-electron chi connectivity index (χ2n) is 5.28. The van der Waals surface area contributed by atoms with Crippen molar-refractivity contribution in [2.45, 2.75) is 13.5 Å². The smallest absolute Gasteiger partial charge is 0.335 e. The number of carbonyl (C=O) groups is 1. The normalized spacial score (nSPS) is 11.1. The van der Waals surface area contributed by atoms with Crippen LogP contribution in [0.15, 0.2) is 29.1 Å². The first-order valence-electron chi connectivity index (χ1n) is 7.12. The van der Waals surface area contributed by atoms with E-state index < -0.39 is 5.97 Å². The molecule has 0 bridgehead atoms. The zero-order valence-corrected chi connectivity index (χ0v) is 13.0. The van der Waals surface area contributed by atoms with Gasteiger partial charge in [-0.2, -0.15) is 0 Å². The van der Waals surface area contributed by atoms with Gasteiger partial charge in [0.1, 0.15) is 5.75 Å². The molecule has 2 aromatic rings. The van der Waals surface area contributed by atoms with Gasteiger partial charge in [-0.3, -0.25) is 4.79 Å². The molecule has 0 aliphatic carbocycles. The van der Waals surface area contributed by atoms with Gasteiger partial charge in [0.05, 0.1) is 17.7 Å². The molecule has 1 N–H and O–H groups in total. The highest BCUT2D eigenvalue weighted by atomic mass is 16.5. The zero-order chi connectivity index (χ0) is 16.3. The summed E-state index contributed by atoms with van der Waals surface area (Å²) in [5, 5.41) is 9.89. The highest BCUT2D eigenvalue weighted by Crippen LogP contribution is 2.27. The molecule has 118 valence electrons. The molecular formula is C16H20N2O4. The third-order valence-electron chi connectivity index (χ3n) is 3.36. The summed E-state index contributed by atoms with van der Waals surface area (Å²) in [5.41, 5.74) is 0.660. The largest absolute Gasteiger partial charge is 0.492 e. The van der Waals surface area contributed by atoms with Crippen LogP contribution in [-0.2, 0) is 6.54 Å². The molecule has 6 heteroatoms. The van der Waals surface area contributed by atoms with Crippen molar-refractivity contribution in [2.75, 3.05) is 27.2 Å². The fourth-order valence-corrected chi connectivity index (χ4v) is 2.32. The van der Waals surface area contributed by atoms with Gasteiger partial charge in [-0.15, -0.1) is 0 Å². The van der Waals surface area contributed by atoms with E-state index >= 15 is 0 Å². The molecule has 0 fully saturated rings. The van der Waals surface area contributed by atoms with Crippen LogP contribution in [0.25, 0.3) is 10.9 Å². The third kappa shape index (κ3) is 3.28. The van der Waals surface area contributed by atoms with Gasteiger partial charge in [-0.1, -0.05) is 0 Å². The molecule has 0 unspecified atom stereocenters. The summed E-state index contributed by atoms with van der Waals surface area (Å²) in [5.74, 6) is -0.595. The summed E-state index contributed by atoms with van der Waals surface area (Å²) in [6.45, 7) is 3.43. The molecule has 1 aromatic carbocycles. The minimum absolute atomic E-state index is 0.127. The predicted molar refractivity (Wildman–Crippen MR) is 84.9 cm³/mol. The Morgan fingerprint density at radius 1 is 1.32 bits per heavy atom. The molecule has 0 spiro atoms. The van der Waals surface area contributed by atoms with Gasteiger partial charge in [0.25, 0.3) is 5.56 Å². The average Bonchev–Trinajstić information content (AvgIpc) is 2.46. The molecule has 2 rings (SSSR count). The Balaban J connectivity index is 2.69. The van der Waals surface area contributed by atoms with Gasteiger partial charge in [0, 0.05) is 24.5 Å². The topological polar surface area (TPSA) is 71.8 Å². The number of likely N-dealkylation sites (N-methyl/N-ethyl adjacent to an activating group) is 1. The van der Waals surface area contributed by atoms with Crippen molar-refractivity contribution in [3.8, 4) is 5.75 Å². The first kappa shape index (κ1) is 16.0. The lowest BCUT2D eigenvalue weighted by molar-refractivity contribution is 0.0696. The highest BCUT2D eigenvalue weighted by Gasteiger charge is 2.14. The minimum Gasteiger partial charge on any atom is -0.492 e. The van der Waals surface area contributed by atoms with Gasteiger partial charge in [-0.25, -0.2) is 4.79 Å². The lowest BCUT2D eigenvalue weighted by atomic mass is 10.1. The summed E-state index contributed by atoms with van der Waals surface area (Å²) in [4.78, 5) is 25.4. The van der Waals surface area contributed by atoms with Gasteiger partial charge >= 0.3 is 5.97 Å². The van der Waals surface area contributed by atoms with E-state index in [1.165, 1.54) is 12.1 Å². The van der Waals surface area contributed by atoms with Crippen molar-refractivity contribution in [3.05, 3.63) is 40.2 Å². The summed E-state index contributed by atoms with van der Waals surface area (Å²) in [7, 11) is 3.87. The highest BCUT2D eigenvalue weighted by molar-refractivity contribution is 5.96. The Labute approximate surface area is 128 Å². The summed E-state index contributed by atoms with van der Waals surface area (Å²) >= 11 is 0. The molecule has 0 saturated heterocycles. The Morgan fingerprint density at radius 3 is 2.64 bits per heavy atom. The quantitative estimate of drug-likeness (QED) is 0.879. The van der Waals surface area contributed by atoms with E-state index in [0.717, 1.165) is 0 Å². The molecule has 0 aliphatic rings. The first-order valence-corrected chi connectivity index (χ1v) is 7.12. The van der Waals surface area contributed by atoms with Crippen molar-refractivity contribution in [2.24, 2.45) is 0 Å². The summed E-state index contributed by atoms with van der Waals surface area (Å²) < 4.78 is 7.21. The number of rotatable bonds is 6.